The van der Waals surface area contributed by atoms with Crippen molar-refractivity contribution < 1.29 is 28.8 Å². The molecule has 0 bridgehead atoms. The fraction of sp³-hybridized carbons (Fsp3) is 0.641. The Kier molecular flexibility index (Phi) is 10.5. The maximum Gasteiger partial charge on any atom is 0.315 e. The summed E-state index contributed by atoms with van der Waals surface area (Å²) < 4.78 is 0. The van der Waals surface area contributed by atoms with Crippen molar-refractivity contribution in [2.75, 3.05) is 19.6 Å². The molecule has 6 atom stereocenters. The van der Waals surface area contributed by atoms with E-state index in [0.717, 1.165) is 18.4 Å². The molecule has 2 saturated carbocycles. The summed E-state index contributed by atoms with van der Waals surface area (Å²) in [6, 6.07) is 3.67. The minimum Gasteiger partial charge on any atom is -0.346 e. The summed E-state index contributed by atoms with van der Waals surface area (Å²) >= 11 is 0. The van der Waals surface area contributed by atoms with E-state index in [1.54, 1.807) is 9.80 Å². The van der Waals surface area contributed by atoms with Gasteiger partial charge in [-0.25, -0.2) is 4.79 Å². The van der Waals surface area contributed by atoms with E-state index in [9.17, 15) is 28.8 Å². The number of urea groups is 1. The molecule has 4 unspecified atom stereocenters. The van der Waals surface area contributed by atoms with E-state index in [-0.39, 0.29) is 48.1 Å². The van der Waals surface area contributed by atoms with Crippen LogP contribution in [0.25, 0.3) is 0 Å². The largest absolute Gasteiger partial charge is 0.346 e. The van der Waals surface area contributed by atoms with Crippen molar-refractivity contribution in [2.24, 2.45) is 34.0 Å². The summed E-state index contributed by atoms with van der Waals surface area (Å²) in [4.78, 5) is 84.6. The number of nitrogens with one attached hydrogen (secondary N) is 4. The molecule has 0 radical (unpaired) electrons. The number of piperidine rings is 1. The Balaban J connectivity index is 1.31. The molecule has 2 heterocycles. The molecule has 4 N–H and O–H groups in total. The molecule has 4 aliphatic rings. The van der Waals surface area contributed by atoms with E-state index in [1.807, 2.05) is 65.8 Å². The normalized spacial score (nSPS) is 23.7. The van der Waals surface area contributed by atoms with Gasteiger partial charge in [-0.1, -0.05) is 92.5 Å². The highest BCUT2D eigenvalue weighted by atomic mass is 16.2. The van der Waals surface area contributed by atoms with Gasteiger partial charge in [0.15, 0.2) is 0 Å². The summed E-state index contributed by atoms with van der Waals surface area (Å²) in [7, 11) is 0. The first kappa shape index (κ1) is 38.0. The quantitative estimate of drug-likeness (QED) is 0.182. The molecular formula is C39H56N6O6. The molecule has 2 aliphatic heterocycles. The van der Waals surface area contributed by atoms with Gasteiger partial charge in [-0.05, 0) is 52.0 Å². The predicted molar refractivity (Wildman–Crippen MR) is 193 cm³/mol. The van der Waals surface area contributed by atoms with Crippen molar-refractivity contribution in [3.8, 4) is 0 Å². The maximum atomic E-state index is 14.5. The van der Waals surface area contributed by atoms with Crippen LogP contribution in [0.15, 0.2) is 36.9 Å². The SMILES string of the molecule is C=CCNC(=O)C(=O)C(CC1CC1)NC(=O)C1C2C(CN1C(=O)[C@@H](NC(=O)N[C@H](CN1Cc3ccccc3C1=O)C(C)(C)C)C(C)(C)C)C2(C)C. The van der Waals surface area contributed by atoms with Crippen molar-refractivity contribution in [1.82, 2.24) is 31.1 Å². The van der Waals surface area contributed by atoms with Gasteiger partial charge in [0, 0.05) is 31.7 Å². The third-order valence-electron chi connectivity index (χ3n) is 11.3. The second kappa shape index (κ2) is 14.1. The van der Waals surface area contributed by atoms with Gasteiger partial charge < -0.3 is 31.1 Å². The average Bonchev–Trinajstić information content (AvgIpc) is 3.85. The monoisotopic (exact) mass is 704 g/mol. The number of carbonyl (C=O) groups excluding carboxylic acids is 6. The summed E-state index contributed by atoms with van der Waals surface area (Å²) in [6.45, 7) is 20.5. The van der Waals surface area contributed by atoms with Crippen molar-refractivity contribution in [1.29, 1.82) is 0 Å². The van der Waals surface area contributed by atoms with Gasteiger partial charge in [-0.15, -0.1) is 6.58 Å². The molecule has 51 heavy (non-hydrogen) atoms. The van der Waals surface area contributed by atoms with Crippen LogP contribution in [-0.4, -0.2) is 89.0 Å². The number of benzene rings is 1. The molecule has 6 amide bonds. The van der Waals surface area contributed by atoms with Crippen molar-refractivity contribution in [3.05, 3.63) is 48.0 Å². The van der Waals surface area contributed by atoms with Crippen molar-refractivity contribution in [3.63, 3.8) is 0 Å². The van der Waals surface area contributed by atoms with Crippen LogP contribution in [-0.2, 0) is 25.7 Å². The Morgan fingerprint density at radius 1 is 0.980 bits per heavy atom. The first-order valence-electron chi connectivity index (χ1n) is 18.2. The molecule has 1 saturated heterocycles. The van der Waals surface area contributed by atoms with Crippen LogP contribution in [0, 0.1) is 34.0 Å². The fourth-order valence-electron chi connectivity index (χ4n) is 7.76. The Bertz CT molecular complexity index is 1590. The summed E-state index contributed by atoms with van der Waals surface area (Å²) in [5, 5.41) is 11.4. The highest BCUT2D eigenvalue weighted by Gasteiger charge is 2.70. The molecule has 0 aromatic heterocycles. The number of ketones is 1. The second-order valence-electron chi connectivity index (χ2n) is 17.7. The van der Waals surface area contributed by atoms with Gasteiger partial charge in [0.1, 0.15) is 12.1 Å². The van der Waals surface area contributed by atoms with Gasteiger partial charge in [0.2, 0.25) is 17.6 Å². The number of hydrogen-bond donors (Lipinski definition) is 4. The zero-order valence-corrected chi connectivity index (χ0v) is 31.4. The van der Waals surface area contributed by atoms with Gasteiger partial charge in [0.25, 0.3) is 11.8 Å². The highest BCUT2D eigenvalue weighted by molar-refractivity contribution is 6.38. The van der Waals surface area contributed by atoms with Gasteiger partial charge in [-0.2, -0.15) is 0 Å². The van der Waals surface area contributed by atoms with Crippen LogP contribution in [0.4, 0.5) is 4.79 Å². The van der Waals surface area contributed by atoms with Crippen molar-refractivity contribution in [2.45, 2.75) is 105 Å². The first-order chi connectivity index (χ1) is 23.7. The predicted octanol–water partition coefficient (Wildman–Crippen LogP) is 3.41. The van der Waals surface area contributed by atoms with E-state index in [1.165, 1.54) is 6.08 Å². The van der Waals surface area contributed by atoms with E-state index in [0.29, 0.717) is 25.1 Å². The lowest BCUT2D eigenvalue weighted by Gasteiger charge is -2.39. The minimum absolute atomic E-state index is 0.0764. The number of amides is 6. The smallest absolute Gasteiger partial charge is 0.315 e. The standard InChI is InChI=1S/C39H56N6O6/c1-10-17-40-33(48)30(46)26(18-22-15-16-22)41-32(47)29-28-25(39(28,8)9)20-45(29)35(50)31(38(5,6)7)43-36(51)42-27(37(2,3)4)21-44-19-23-13-11-12-14-24(23)34(44)49/h10-14,22,25-29,31H,1,15-21H2,2-9H3,(H,40,48)(H,41,47)(H2,42,43,51)/t25?,26?,27-,28?,29?,31-/m1/s1. The first-order valence-corrected chi connectivity index (χ1v) is 18.2. The average molecular weight is 705 g/mol. The number of fused-ring (bicyclic) bond motifs is 2. The van der Waals surface area contributed by atoms with E-state index < -0.39 is 58.6 Å². The van der Waals surface area contributed by atoms with Gasteiger partial charge in [0.05, 0.1) is 12.1 Å². The third-order valence-corrected chi connectivity index (χ3v) is 11.3. The third kappa shape index (κ3) is 8.15. The van der Waals surface area contributed by atoms with Crippen LogP contribution in [0.2, 0.25) is 0 Å². The van der Waals surface area contributed by atoms with Gasteiger partial charge in [-0.3, -0.25) is 24.0 Å². The zero-order valence-electron chi connectivity index (χ0n) is 31.4. The fourth-order valence-corrected chi connectivity index (χ4v) is 7.76. The minimum atomic E-state index is -1.00. The Morgan fingerprint density at radius 2 is 1.65 bits per heavy atom. The number of nitrogens with zero attached hydrogens (tertiary/aromatic N) is 2. The maximum absolute atomic E-state index is 14.5. The molecule has 1 aromatic rings. The summed E-state index contributed by atoms with van der Waals surface area (Å²) in [6.07, 6.45) is 3.70. The molecule has 5 rings (SSSR count). The molecule has 0 spiro atoms. The van der Waals surface area contributed by atoms with E-state index >= 15 is 0 Å². The van der Waals surface area contributed by atoms with E-state index in [4.69, 9.17) is 0 Å². The Labute approximate surface area is 301 Å². The van der Waals surface area contributed by atoms with Crippen molar-refractivity contribution >= 4 is 35.4 Å². The molecule has 3 fully saturated rings. The topological polar surface area (TPSA) is 157 Å². The molecule has 278 valence electrons. The second-order valence-corrected chi connectivity index (χ2v) is 17.7. The summed E-state index contributed by atoms with van der Waals surface area (Å²) in [5.74, 6) is -2.21. The summed E-state index contributed by atoms with van der Waals surface area (Å²) in [5.41, 5.74) is 0.274. The van der Waals surface area contributed by atoms with E-state index in [2.05, 4.69) is 41.7 Å². The lowest BCUT2D eigenvalue weighted by Crippen LogP contribution is -2.62. The lowest BCUT2D eigenvalue weighted by atomic mass is 9.85. The molecular weight excluding hydrogens is 648 g/mol. The number of carbonyl (C=O) groups is 6. The van der Waals surface area contributed by atoms with Crippen LogP contribution >= 0.6 is 0 Å². The lowest BCUT2D eigenvalue weighted by molar-refractivity contribution is -0.145. The number of likely N-dealkylation sites (tertiary alicyclic amines) is 1. The van der Waals surface area contributed by atoms with Crippen LogP contribution < -0.4 is 21.3 Å². The number of Topliss-reactive ketones (excluding diaryl/α,β-unsaturated/α-hetero) is 1. The Morgan fingerprint density at radius 3 is 2.24 bits per heavy atom. The van der Waals surface area contributed by atoms with Crippen LogP contribution in [0.3, 0.4) is 0 Å². The molecule has 12 nitrogen and oxygen atoms in total. The molecule has 2 aliphatic carbocycles. The molecule has 12 heteroatoms. The van der Waals surface area contributed by atoms with Crippen LogP contribution in [0.5, 0.6) is 0 Å². The van der Waals surface area contributed by atoms with Crippen LogP contribution in [0.1, 0.15) is 90.6 Å². The highest BCUT2D eigenvalue weighted by Crippen LogP contribution is 2.65. The number of hydrogen-bond acceptors (Lipinski definition) is 6. The van der Waals surface area contributed by atoms with Gasteiger partial charge >= 0.3 is 6.03 Å². The number of rotatable bonds is 13. The molecule has 1 aromatic carbocycles. The Hall–Kier alpha value is -4.22. The zero-order chi connectivity index (χ0) is 37.6.